The summed E-state index contributed by atoms with van der Waals surface area (Å²) in [5, 5.41) is 8.57. The second kappa shape index (κ2) is 8.32. The number of hydrogen-bond donors (Lipinski definition) is 1. The smallest absolute Gasteiger partial charge is 0.305 e. The van der Waals surface area contributed by atoms with E-state index in [-0.39, 0.29) is 19.4 Å². The van der Waals surface area contributed by atoms with Gasteiger partial charge in [0.1, 0.15) is 0 Å². The van der Waals surface area contributed by atoms with Gasteiger partial charge < -0.3 is 19.3 Å². The first-order valence-electron chi connectivity index (χ1n) is 7.12. The van der Waals surface area contributed by atoms with Crippen LogP contribution < -0.4 is 9.47 Å². The molecule has 0 aromatic heterocycles. The Hall–Kier alpha value is -2.01. The topological polar surface area (TPSA) is 65.0 Å². The number of rotatable bonds is 8. The second-order valence-corrected chi connectivity index (χ2v) is 4.70. The molecule has 5 heteroatoms. The van der Waals surface area contributed by atoms with Crippen LogP contribution in [0.25, 0.3) is 6.08 Å². The molecule has 0 aliphatic carbocycles. The predicted octanol–water partition coefficient (Wildman–Crippen LogP) is 2.52. The number of carbonyl (C=O) groups is 1. The summed E-state index contributed by atoms with van der Waals surface area (Å²) in [6.07, 6.45) is 6.48. The Labute approximate surface area is 124 Å². The lowest BCUT2D eigenvalue weighted by Gasteiger charge is -2.02. The molecule has 0 atom stereocenters. The van der Waals surface area contributed by atoms with Crippen molar-refractivity contribution in [1.29, 1.82) is 0 Å². The molecule has 5 nitrogen and oxygen atoms in total. The van der Waals surface area contributed by atoms with Crippen molar-refractivity contribution in [2.24, 2.45) is 0 Å². The number of allylic oxidation sites excluding steroid dienone is 1. The molecule has 1 aromatic rings. The zero-order valence-corrected chi connectivity index (χ0v) is 11.9. The number of aliphatic hydroxyl groups is 1. The number of esters is 1. The Kier molecular flexibility index (Phi) is 6.09. The van der Waals surface area contributed by atoms with Crippen molar-refractivity contribution in [1.82, 2.24) is 0 Å². The SMILES string of the molecule is O=C(CCC/C=C/c1ccc2c(c1)OCO2)OCCCO. The fraction of sp³-hybridized carbons (Fsp3) is 0.438. The van der Waals surface area contributed by atoms with Crippen LogP contribution in [0.3, 0.4) is 0 Å². The minimum atomic E-state index is -0.208. The minimum Gasteiger partial charge on any atom is -0.466 e. The Bertz CT molecular complexity index is 495. The third-order valence-electron chi connectivity index (χ3n) is 3.02. The summed E-state index contributed by atoms with van der Waals surface area (Å²) in [6, 6.07) is 5.79. The lowest BCUT2D eigenvalue weighted by Crippen LogP contribution is -2.06. The summed E-state index contributed by atoms with van der Waals surface area (Å²) < 4.78 is 15.5. The highest BCUT2D eigenvalue weighted by molar-refractivity contribution is 5.69. The molecule has 0 amide bonds. The Morgan fingerprint density at radius 1 is 1.29 bits per heavy atom. The van der Waals surface area contributed by atoms with Crippen LogP contribution in [0.4, 0.5) is 0 Å². The van der Waals surface area contributed by atoms with E-state index in [4.69, 9.17) is 19.3 Å². The van der Waals surface area contributed by atoms with Gasteiger partial charge in [-0.1, -0.05) is 18.2 Å². The predicted molar refractivity (Wildman–Crippen MR) is 78.1 cm³/mol. The van der Waals surface area contributed by atoms with Crippen LogP contribution in [0, 0.1) is 0 Å². The number of ether oxygens (including phenoxy) is 3. The highest BCUT2D eigenvalue weighted by Gasteiger charge is 2.11. The van der Waals surface area contributed by atoms with Crippen LogP contribution in [-0.2, 0) is 9.53 Å². The molecule has 0 saturated heterocycles. The normalized spacial score (nSPS) is 12.8. The lowest BCUT2D eigenvalue weighted by molar-refractivity contribution is -0.144. The highest BCUT2D eigenvalue weighted by Crippen LogP contribution is 2.32. The van der Waals surface area contributed by atoms with Crippen molar-refractivity contribution in [2.75, 3.05) is 20.0 Å². The monoisotopic (exact) mass is 292 g/mol. The quantitative estimate of drug-likeness (QED) is 0.589. The van der Waals surface area contributed by atoms with Gasteiger partial charge in [0.05, 0.1) is 6.61 Å². The van der Waals surface area contributed by atoms with E-state index in [9.17, 15) is 4.79 Å². The van der Waals surface area contributed by atoms with E-state index in [0.717, 1.165) is 29.9 Å². The van der Waals surface area contributed by atoms with Crippen LogP contribution in [0.2, 0.25) is 0 Å². The molecule has 1 aliphatic rings. The molecule has 0 spiro atoms. The first-order chi connectivity index (χ1) is 10.3. The maximum Gasteiger partial charge on any atom is 0.305 e. The molecule has 0 bridgehead atoms. The highest BCUT2D eigenvalue weighted by atomic mass is 16.7. The molecule has 114 valence electrons. The van der Waals surface area contributed by atoms with Gasteiger partial charge in [0.2, 0.25) is 6.79 Å². The lowest BCUT2D eigenvalue weighted by atomic mass is 10.1. The van der Waals surface area contributed by atoms with Crippen molar-refractivity contribution in [3.8, 4) is 11.5 Å². The fourth-order valence-corrected chi connectivity index (χ4v) is 1.92. The van der Waals surface area contributed by atoms with Gasteiger partial charge in [-0.25, -0.2) is 0 Å². The molecular formula is C16H20O5. The van der Waals surface area contributed by atoms with Crippen LogP contribution in [0.15, 0.2) is 24.3 Å². The molecule has 0 saturated carbocycles. The van der Waals surface area contributed by atoms with Crippen molar-refractivity contribution >= 4 is 12.0 Å². The summed E-state index contributed by atoms with van der Waals surface area (Å²) >= 11 is 0. The van der Waals surface area contributed by atoms with Gasteiger partial charge in [-0.2, -0.15) is 0 Å². The third kappa shape index (κ3) is 5.11. The summed E-state index contributed by atoms with van der Waals surface area (Å²) in [7, 11) is 0. The standard InChI is InChI=1S/C16H20O5/c17-9-4-10-19-16(18)6-3-1-2-5-13-7-8-14-15(11-13)21-12-20-14/h2,5,7-8,11,17H,1,3-4,6,9-10,12H2/b5-2+. The summed E-state index contributed by atoms with van der Waals surface area (Å²) in [4.78, 5) is 11.3. The number of unbranched alkanes of at least 4 members (excludes halogenated alkanes) is 1. The molecule has 21 heavy (non-hydrogen) atoms. The van der Waals surface area contributed by atoms with E-state index in [1.54, 1.807) is 0 Å². The molecule has 1 aromatic carbocycles. The number of carbonyl (C=O) groups excluding carboxylic acids is 1. The van der Waals surface area contributed by atoms with Crippen molar-refractivity contribution in [2.45, 2.75) is 25.7 Å². The average Bonchev–Trinajstić information content (AvgIpc) is 2.94. The first kappa shape index (κ1) is 15.4. The Morgan fingerprint density at radius 3 is 3.00 bits per heavy atom. The zero-order chi connectivity index (χ0) is 14.9. The van der Waals surface area contributed by atoms with Crippen molar-refractivity contribution in [3.63, 3.8) is 0 Å². The van der Waals surface area contributed by atoms with E-state index in [2.05, 4.69) is 0 Å². The number of benzene rings is 1. The fourth-order valence-electron chi connectivity index (χ4n) is 1.92. The summed E-state index contributed by atoms with van der Waals surface area (Å²) in [6.45, 7) is 0.620. The molecule has 1 heterocycles. The summed E-state index contributed by atoms with van der Waals surface area (Å²) in [5.74, 6) is 1.34. The molecule has 2 rings (SSSR count). The molecule has 0 radical (unpaired) electrons. The number of aliphatic hydroxyl groups excluding tert-OH is 1. The largest absolute Gasteiger partial charge is 0.466 e. The number of hydrogen-bond acceptors (Lipinski definition) is 5. The molecule has 1 aliphatic heterocycles. The average molecular weight is 292 g/mol. The van der Waals surface area contributed by atoms with Gasteiger partial charge in [-0.3, -0.25) is 4.79 Å². The van der Waals surface area contributed by atoms with Crippen LogP contribution in [-0.4, -0.2) is 31.1 Å². The first-order valence-corrected chi connectivity index (χ1v) is 7.12. The van der Waals surface area contributed by atoms with Gasteiger partial charge in [-0.15, -0.1) is 0 Å². The third-order valence-corrected chi connectivity index (χ3v) is 3.02. The van der Waals surface area contributed by atoms with Crippen molar-refractivity contribution in [3.05, 3.63) is 29.8 Å². The van der Waals surface area contributed by atoms with Crippen LogP contribution in [0.5, 0.6) is 11.5 Å². The zero-order valence-electron chi connectivity index (χ0n) is 11.9. The van der Waals surface area contributed by atoms with Crippen LogP contribution >= 0.6 is 0 Å². The summed E-state index contributed by atoms with van der Waals surface area (Å²) in [5.41, 5.74) is 1.05. The van der Waals surface area contributed by atoms with Gasteiger partial charge in [0.15, 0.2) is 11.5 Å². The maximum atomic E-state index is 11.3. The van der Waals surface area contributed by atoms with Gasteiger partial charge in [0.25, 0.3) is 0 Å². The Balaban J connectivity index is 1.65. The Morgan fingerprint density at radius 2 is 2.14 bits per heavy atom. The van der Waals surface area contributed by atoms with E-state index in [1.807, 2.05) is 30.4 Å². The van der Waals surface area contributed by atoms with Crippen LogP contribution in [0.1, 0.15) is 31.2 Å². The second-order valence-electron chi connectivity index (χ2n) is 4.70. The minimum absolute atomic E-state index is 0.0472. The van der Waals surface area contributed by atoms with E-state index in [1.165, 1.54) is 0 Å². The maximum absolute atomic E-state index is 11.3. The van der Waals surface area contributed by atoms with E-state index < -0.39 is 0 Å². The van der Waals surface area contributed by atoms with E-state index in [0.29, 0.717) is 19.4 Å². The van der Waals surface area contributed by atoms with Gasteiger partial charge in [0, 0.05) is 19.4 Å². The molecule has 1 N–H and O–H groups in total. The van der Waals surface area contributed by atoms with Gasteiger partial charge in [-0.05, 0) is 30.5 Å². The van der Waals surface area contributed by atoms with Crippen molar-refractivity contribution < 1.29 is 24.1 Å². The van der Waals surface area contributed by atoms with E-state index >= 15 is 0 Å². The van der Waals surface area contributed by atoms with Gasteiger partial charge >= 0.3 is 5.97 Å². The molecule has 0 unspecified atom stereocenters. The molecular weight excluding hydrogens is 272 g/mol. The number of fused-ring (bicyclic) bond motifs is 1. The molecule has 0 fully saturated rings.